The first-order valence-corrected chi connectivity index (χ1v) is 8.93. The van der Waals surface area contributed by atoms with Crippen LogP contribution in [0.1, 0.15) is 36.0 Å². The van der Waals surface area contributed by atoms with Crippen LogP contribution < -0.4 is 5.32 Å². The van der Waals surface area contributed by atoms with E-state index in [1.54, 1.807) is 6.07 Å². The van der Waals surface area contributed by atoms with E-state index in [1.165, 1.54) is 25.7 Å². The van der Waals surface area contributed by atoms with Crippen LogP contribution in [0.15, 0.2) is 18.2 Å². The lowest BCUT2D eigenvalue weighted by Crippen LogP contribution is -2.37. The van der Waals surface area contributed by atoms with Gasteiger partial charge < -0.3 is 5.32 Å². The first-order chi connectivity index (χ1) is 9.06. The molecule has 0 unspecified atom stereocenters. The van der Waals surface area contributed by atoms with Crippen LogP contribution in [0.25, 0.3) is 0 Å². The van der Waals surface area contributed by atoms with Gasteiger partial charge in [0.1, 0.15) is 0 Å². The summed E-state index contributed by atoms with van der Waals surface area (Å²) in [5.41, 5.74) is 0.871. The molecule has 104 valence electrons. The number of alkyl halides is 1. The Kier molecular flexibility index (Phi) is 5.55. The highest BCUT2D eigenvalue weighted by molar-refractivity contribution is 14.1. The van der Waals surface area contributed by atoms with Gasteiger partial charge in [-0.1, -0.05) is 40.4 Å². The fourth-order valence-electron chi connectivity index (χ4n) is 2.49. The number of carbonyl (C=O) groups is 1. The number of hydrogen-bond acceptors (Lipinski definition) is 1. The van der Waals surface area contributed by atoms with Crippen molar-refractivity contribution in [3.8, 4) is 0 Å². The van der Waals surface area contributed by atoms with Crippen LogP contribution in [-0.4, -0.2) is 17.8 Å². The normalized spacial score (nSPS) is 17.4. The van der Waals surface area contributed by atoms with Gasteiger partial charge in [0.15, 0.2) is 0 Å². The molecule has 0 heterocycles. The minimum absolute atomic E-state index is 0.0366. The molecule has 1 N–H and O–H groups in total. The van der Waals surface area contributed by atoms with E-state index in [0.717, 1.165) is 15.4 Å². The summed E-state index contributed by atoms with van der Waals surface area (Å²) in [5.74, 6) is -0.0366. The van der Waals surface area contributed by atoms with Gasteiger partial charge in [0.25, 0.3) is 5.91 Å². The molecule has 1 aromatic rings. The summed E-state index contributed by atoms with van der Waals surface area (Å²) >= 11 is 11.8. The average Bonchev–Trinajstić information content (AvgIpc) is 2.89. The summed E-state index contributed by atoms with van der Waals surface area (Å²) in [6.45, 7) is 0.737. The molecule has 1 fully saturated rings. The number of benzene rings is 1. The lowest BCUT2D eigenvalue weighted by Gasteiger charge is -2.26. The third-order valence-corrected chi connectivity index (χ3v) is 6.52. The first kappa shape index (κ1) is 15.6. The van der Waals surface area contributed by atoms with Crippen molar-refractivity contribution in [2.75, 3.05) is 11.9 Å². The van der Waals surface area contributed by atoms with Crippen molar-refractivity contribution in [3.63, 3.8) is 0 Å². The zero-order valence-corrected chi connectivity index (χ0v) is 15.0. The average molecular weight is 457 g/mol. The molecular weight excluding hydrogens is 440 g/mol. The Bertz CT molecular complexity index is 475. The molecule has 0 aliphatic heterocycles. The molecule has 0 saturated heterocycles. The fourth-order valence-corrected chi connectivity index (χ4v) is 3.76. The van der Waals surface area contributed by atoms with Crippen LogP contribution in [0, 0.1) is 8.99 Å². The van der Waals surface area contributed by atoms with Crippen molar-refractivity contribution < 1.29 is 4.79 Å². The van der Waals surface area contributed by atoms with Crippen LogP contribution >= 0.6 is 50.1 Å². The Labute approximate surface area is 140 Å². The van der Waals surface area contributed by atoms with Crippen LogP contribution in [-0.2, 0) is 0 Å². The third-order valence-electron chi connectivity index (χ3n) is 3.75. The molecule has 0 atom stereocenters. The molecule has 0 bridgehead atoms. The highest BCUT2D eigenvalue weighted by Crippen LogP contribution is 2.39. The van der Waals surface area contributed by atoms with E-state index in [1.807, 2.05) is 12.1 Å². The Morgan fingerprint density at radius 1 is 1.42 bits per heavy atom. The van der Waals surface area contributed by atoms with E-state index in [0.29, 0.717) is 10.6 Å². The molecule has 2 nitrogen and oxygen atoms in total. The molecule has 1 aliphatic rings. The highest BCUT2D eigenvalue weighted by Gasteiger charge is 2.33. The summed E-state index contributed by atoms with van der Waals surface area (Å²) < 4.78 is 0.962. The number of hydrogen-bond donors (Lipinski definition) is 1. The van der Waals surface area contributed by atoms with Gasteiger partial charge in [0.05, 0.1) is 5.02 Å². The summed E-state index contributed by atoms with van der Waals surface area (Å²) in [5, 5.41) is 4.63. The van der Waals surface area contributed by atoms with Gasteiger partial charge in [-0.15, -0.1) is 0 Å². The predicted molar refractivity (Wildman–Crippen MR) is 91.2 cm³/mol. The van der Waals surface area contributed by atoms with E-state index < -0.39 is 0 Å². The summed E-state index contributed by atoms with van der Waals surface area (Å²) in [7, 11) is 0. The van der Waals surface area contributed by atoms with Gasteiger partial charge in [0.2, 0.25) is 0 Å². The molecule has 0 spiro atoms. The highest BCUT2D eigenvalue weighted by atomic mass is 127. The maximum Gasteiger partial charge on any atom is 0.251 e. The first-order valence-electron chi connectivity index (χ1n) is 6.36. The molecule has 19 heavy (non-hydrogen) atoms. The van der Waals surface area contributed by atoms with Gasteiger partial charge in [-0.05, 0) is 59.0 Å². The van der Waals surface area contributed by atoms with Gasteiger partial charge in [-0.25, -0.2) is 0 Å². The maximum atomic E-state index is 12.1. The van der Waals surface area contributed by atoms with E-state index in [-0.39, 0.29) is 11.3 Å². The Balaban J connectivity index is 1.99. The second-order valence-electron chi connectivity index (χ2n) is 5.15. The molecule has 0 radical (unpaired) electrons. The van der Waals surface area contributed by atoms with Gasteiger partial charge in [0, 0.05) is 21.0 Å². The molecule has 2 rings (SSSR count). The van der Waals surface area contributed by atoms with E-state index in [4.69, 9.17) is 11.6 Å². The number of halogens is 3. The SMILES string of the molecule is O=C(NCC1(CBr)CCCC1)c1ccc(I)c(Cl)c1. The lowest BCUT2D eigenvalue weighted by molar-refractivity contribution is 0.0935. The Morgan fingerprint density at radius 2 is 2.11 bits per heavy atom. The van der Waals surface area contributed by atoms with Crippen molar-refractivity contribution in [1.29, 1.82) is 0 Å². The number of rotatable bonds is 4. The number of amides is 1. The van der Waals surface area contributed by atoms with Crippen LogP contribution in [0.3, 0.4) is 0 Å². The van der Waals surface area contributed by atoms with Crippen molar-refractivity contribution in [1.82, 2.24) is 5.32 Å². The zero-order chi connectivity index (χ0) is 13.9. The Hall–Kier alpha value is 0.190. The topological polar surface area (TPSA) is 29.1 Å². The molecule has 5 heteroatoms. The van der Waals surface area contributed by atoms with Crippen molar-refractivity contribution in [3.05, 3.63) is 32.4 Å². The lowest BCUT2D eigenvalue weighted by atomic mass is 9.89. The molecule has 1 aromatic carbocycles. The van der Waals surface area contributed by atoms with Crippen molar-refractivity contribution in [2.45, 2.75) is 25.7 Å². The maximum absolute atomic E-state index is 12.1. The standard InChI is InChI=1S/C14H16BrClINO/c15-8-14(5-1-2-6-14)9-18-13(19)10-3-4-12(17)11(16)7-10/h3-4,7H,1-2,5-6,8-9H2,(H,18,19). The van der Waals surface area contributed by atoms with Gasteiger partial charge >= 0.3 is 0 Å². The second kappa shape index (κ2) is 6.76. The second-order valence-corrected chi connectivity index (χ2v) is 7.28. The van der Waals surface area contributed by atoms with Gasteiger partial charge in [-0.2, -0.15) is 0 Å². The number of carbonyl (C=O) groups excluding carboxylic acids is 1. The fraction of sp³-hybridized carbons (Fsp3) is 0.500. The summed E-state index contributed by atoms with van der Waals surface area (Å²) in [6.07, 6.45) is 4.89. The molecule has 1 saturated carbocycles. The van der Waals surface area contributed by atoms with E-state index >= 15 is 0 Å². The van der Waals surface area contributed by atoms with E-state index in [9.17, 15) is 4.79 Å². The summed E-state index contributed by atoms with van der Waals surface area (Å²) in [4.78, 5) is 12.1. The smallest absolute Gasteiger partial charge is 0.251 e. The Morgan fingerprint density at radius 3 is 2.68 bits per heavy atom. The monoisotopic (exact) mass is 455 g/mol. The van der Waals surface area contributed by atoms with Crippen molar-refractivity contribution in [2.24, 2.45) is 5.41 Å². The van der Waals surface area contributed by atoms with Crippen LogP contribution in [0.5, 0.6) is 0 Å². The zero-order valence-electron chi connectivity index (χ0n) is 10.5. The molecule has 1 aliphatic carbocycles. The molecule has 0 aromatic heterocycles. The van der Waals surface area contributed by atoms with Gasteiger partial charge in [-0.3, -0.25) is 4.79 Å². The summed E-state index contributed by atoms with van der Waals surface area (Å²) in [6, 6.07) is 5.42. The van der Waals surface area contributed by atoms with E-state index in [2.05, 4.69) is 43.8 Å². The predicted octanol–water partition coefficient (Wildman–Crippen LogP) is 4.63. The minimum atomic E-state index is -0.0366. The van der Waals surface area contributed by atoms with Crippen molar-refractivity contribution >= 4 is 56.0 Å². The largest absolute Gasteiger partial charge is 0.351 e. The number of nitrogens with one attached hydrogen (secondary N) is 1. The molecular formula is C14H16BrClINO. The third kappa shape index (κ3) is 3.85. The molecule has 1 amide bonds. The quantitative estimate of drug-likeness (QED) is 0.520. The van der Waals surface area contributed by atoms with Crippen LogP contribution in [0.2, 0.25) is 5.02 Å². The minimum Gasteiger partial charge on any atom is -0.351 e. The van der Waals surface area contributed by atoms with Crippen LogP contribution in [0.4, 0.5) is 0 Å².